The van der Waals surface area contributed by atoms with E-state index in [1.807, 2.05) is 0 Å². The molecule has 0 aliphatic carbocycles. The van der Waals surface area contributed by atoms with Crippen LogP contribution in [0.5, 0.6) is 0 Å². The fourth-order valence-electron chi connectivity index (χ4n) is 1.54. The van der Waals surface area contributed by atoms with Crippen LogP contribution >= 0.6 is 0 Å². The molecule has 0 aliphatic heterocycles. The van der Waals surface area contributed by atoms with Gasteiger partial charge in [0, 0.05) is 5.69 Å². The Kier molecular flexibility index (Phi) is 3.95. The highest BCUT2D eigenvalue weighted by Gasteiger charge is 2.08. The first-order valence-electron chi connectivity index (χ1n) is 5.81. The average Bonchev–Trinajstić information content (AvgIpc) is 2.48. The lowest BCUT2D eigenvalue weighted by atomic mass is 10.2. The number of aromatic nitrogens is 1. The highest BCUT2D eigenvalue weighted by Crippen LogP contribution is 2.12. The molecule has 0 atom stereocenters. The first-order valence-corrected chi connectivity index (χ1v) is 5.81. The summed E-state index contributed by atoms with van der Waals surface area (Å²) in [6.07, 6.45) is 1.41. The van der Waals surface area contributed by atoms with E-state index in [0.29, 0.717) is 16.9 Å². The van der Waals surface area contributed by atoms with E-state index >= 15 is 0 Å². The van der Waals surface area contributed by atoms with E-state index < -0.39 is 5.97 Å². The van der Waals surface area contributed by atoms with Gasteiger partial charge in [0.1, 0.15) is 5.69 Å². The topological polar surface area (TPSA) is 94.3 Å². The van der Waals surface area contributed by atoms with Crippen molar-refractivity contribution in [2.45, 2.75) is 0 Å². The molecule has 0 radical (unpaired) electrons. The molecule has 20 heavy (non-hydrogen) atoms. The Labute approximate surface area is 115 Å². The third-order valence-corrected chi connectivity index (χ3v) is 2.58. The van der Waals surface area contributed by atoms with Gasteiger partial charge in [-0.3, -0.25) is 4.79 Å². The van der Waals surface area contributed by atoms with Gasteiger partial charge >= 0.3 is 5.97 Å². The zero-order valence-electron chi connectivity index (χ0n) is 10.8. The van der Waals surface area contributed by atoms with E-state index in [0.717, 1.165) is 0 Å². The van der Waals surface area contributed by atoms with Crippen LogP contribution in [0.2, 0.25) is 0 Å². The highest BCUT2D eigenvalue weighted by molar-refractivity contribution is 6.03. The van der Waals surface area contributed by atoms with Crippen LogP contribution in [-0.2, 0) is 4.74 Å². The van der Waals surface area contributed by atoms with Crippen molar-refractivity contribution in [3.8, 4) is 0 Å². The molecule has 0 saturated heterocycles. The number of carbonyl (C=O) groups excluding carboxylic acids is 2. The minimum Gasteiger partial charge on any atom is -0.465 e. The van der Waals surface area contributed by atoms with Gasteiger partial charge in [0.2, 0.25) is 0 Å². The lowest BCUT2D eigenvalue weighted by Crippen LogP contribution is -2.13. The van der Waals surface area contributed by atoms with Crippen molar-refractivity contribution in [1.82, 2.24) is 4.98 Å². The summed E-state index contributed by atoms with van der Waals surface area (Å²) in [7, 11) is 1.31. The normalized spacial score (nSPS) is 9.85. The summed E-state index contributed by atoms with van der Waals surface area (Å²) < 4.78 is 4.59. The number of nitrogen functional groups attached to an aromatic ring is 1. The first kappa shape index (κ1) is 13.5. The third kappa shape index (κ3) is 3.11. The zero-order chi connectivity index (χ0) is 14.5. The molecule has 0 fully saturated rings. The van der Waals surface area contributed by atoms with Crippen LogP contribution in [0.4, 0.5) is 11.4 Å². The van der Waals surface area contributed by atoms with Crippen molar-refractivity contribution >= 4 is 23.3 Å². The predicted molar refractivity (Wildman–Crippen MR) is 74.4 cm³/mol. The third-order valence-electron chi connectivity index (χ3n) is 2.58. The molecule has 1 heterocycles. The van der Waals surface area contributed by atoms with E-state index in [1.54, 1.807) is 30.3 Å². The second-order valence-electron chi connectivity index (χ2n) is 4.00. The molecule has 6 nitrogen and oxygen atoms in total. The van der Waals surface area contributed by atoms with Gasteiger partial charge in [-0.2, -0.15) is 0 Å². The van der Waals surface area contributed by atoms with E-state index in [1.165, 1.54) is 19.4 Å². The fourth-order valence-corrected chi connectivity index (χ4v) is 1.54. The van der Waals surface area contributed by atoms with Gasteiger partial charge in [-0.25, -0.2) is 9.78 Å². The monoisotopic (exact) mass is 271 g/mol. The Morgan fingerprint density at radius 3 is 2.40 bits per heavy atom. The Hall–Kier alpha value is -2.89. The van der Waals surface area contributed by atoms with Crippen LogP contribution < -0.4 is 11.1 Å². The summed E-state index contributed by atoms with van der Waals surface area (Å²) in [5, 5.41) is 2.67. The predicted octanol–water partition coefficient (Wildman–Crippen LogP) is 1.70. The van der Waals surface area contributed by atoms with Crippen LogP contribution in [0, 0.1) is 0 Å². The lowest BCUT2D eigenvalue weighted by Gasteiger charge is -2.05. The first-order chi connectivity index (χ1) is 9.60. The molecule has 6 heteroatoms. The Bertz CT molecular complexity index is 621. The molecule has 1 aromatic carbocycles. The van der Waals surface area contributed by atoms with E-state index in [9.17, 15) is 9.59 Å². The summed E-state index contributed by atoms with van der Waals surface area (Å²) in [6, 6.07) is 9.49. The van der Waals surface area contributed by atoms with Crippen LogP contribution in [0.1, 0.15) is 20.8 Å². The van der Waals surface area contributed by atoms with E-state index in [4.69, 9.17) is 5.73 Å². The number of pyridine rings is 1. The van der Waals surface area contributed by atoms with Gasteiger partial charge in [0.05, 0.1) is 24.6 Å². The molecule has 2 aromatic rings. The molecule has 1 amide bonds. The van der Waals surface area contributed by atoms with Gasteiger partial charge in [-0.15, -0.1) is 0 Å². The number of nitrogens with two attached hydrogens (primary N) is 1. The van der Waals surface area contributed by atoms with Crippen molar-refractivity contribution in [3.05, 3.63) is 53.9 Å². The molecular weight excluding hydrogens is 258 g/mol. The number of benzene rings is 1. The van der Waals surface area contributed by atoms with Crippen LogP contribution in [0.25, 0.3) is 0 Å². The number of anilines is 2. The molecule has 2 rings (SSSR count). The number of ether oxygens (including phenoxy) is 1. The largest absolute Gasteiger partial charge is 0.465 e. The van der Waals surface area contributed by atoms with Gasteiger partial charge < -0.3 is 15.8 Å². The summed E-state index contributed by atoms with van der Waals surface area (Å²) in [5.74, 6) is -0.779. The molecule has 3 N–H and O–H groups in total. The maximum atomic E-state index is 11.9. The molecule has 0 unspecified atom stereocenters. The summed E-state index contributed by atoms with van der Waals surface area (Å²) >= 11 is 0. The zero-order valence-corrected chi connectivity index (χ0v) is 10.8. The number of amides is 1. The molecular formula is C14H13N3O3. The molecule has 102 valence electrons. The van der Waals surface area contributed by atoms with Gasteiger partial charge in [0.15, 0.2) is 0 Å². The quantitative estimate of drug-likeness (QED) is 0.828. The van der Waals surface area contributed by atoms with Gasteiger partial charge in [-0.1, -0.05) is 0 Å². The van der Waals surface area contributed by atoms with Crippen molar-refractivity contribution in [3.63, 3.8) is 0 Å². The second-order valence-corrected chi connectivity index (χ2v) is 4.00. The van der Waals surface area contributed by atoms with Gasteiger partial charge in [-0.05, 0) is 36.4 Å². The standard InChI is InChI=1S/C14H13N3O3/c1-20-14(19)9-2-5-11(6-3-9)17-13(18)12-7-4-10(15)8-16-12/h2-8H,15H2,1H3,(H,17,18). The Morgan fingerprint density at radius 2 is 1.85 bits per heavy atom. The van der Waals surface area contributed by atoms with Gasteiger partial charge in [0.25, 0.3) is 5.91 Å². The number of methoxy groups -OCH3 is 1. The molecule has 0 aliphatic rings. The number of carbonyl (C=O) groups is 2. The SMILES string of the molecule is COC(=O)c1ccc(NC(=O)c2ccc(N)cn2)cc1. The van der Waals surface area contributed by atoms with Crippen LogP contribution in [0.3, 0.4) is 0 Å². The summed E-state index contributed by atoms with van der Waals surface area (Å²) in [5.41, 5.74) is 7.22. The summed E-state index contributed by atoms with van der Waals surface area (Å²) in [6.45, 7) is 0. The van der Waals surface area contributed by atoms with Crippen molar-refractivity contribution in [2.24, 2.45) is 0 Å². The van der Waals surface area contributed by atoms with E-state index in [2.05, 4.69) is 15.0 Å². The number of esters is 1. The maximum absolute atomic E-state index is 11.9. The van der Waals surface area contributed by atoms with E-state index in [-0.39, 0.29) is 11.6 Å². The Balaban J connectivity index is 2.08. The number of nitrogens with one attached hydrogen (secondary N) is 1. The second kappa shape index (κ2) is 5.83. The lowest BCUT2D eigenvalue weighted by molar-refractivity contribution is 0.0600. The van der Waals surface area contributed by atoms with Crippen molar-refractivity contribution < 1.29 is 14.3 Å². The van der Waals surface area contributed by atoms with Crippen molar-refractivity contribution in [2.75, 3.05) is 18.2 Å². The molecule has 0 saturated carbocycles. The minimum atomic E-state index is -0.428. The number of rotatable bonds is 3. The smallest absolute Gasteiger partial charge is 0.337 e. The number of hydrogen-bond donors (Lipinski definition) is 2. The average molecular weight is 271 g/mol. The molecule has 0 bridgehead atoms. The maximum Gasteiger partial charge on any atom is 0.337 e. The van der Waals surface area contributed by atoms with Crippen LogP contribution in [-0.4, -0.2) is 24.0 Å². The highest BCUT2D eigenvalue weighted by atomic mass is 16.5. The summed E-state index contributed by atoms with van der Waals surface area (Å²) in [4.78, 5) is 27.1. The van der Waals surface area contributed by atoms with Crippen LogP contribution in [0.15, 0.2) is 42.6 Å². The minimum absolute atomic E-state index is 0.260. The molecule has 1 aromatic heterocycles. The fraction of sp³-hybridized carbons (Fsp3) is 0.0714. The number of hydrogen-bond acceptors (Lipinski definition) is 5. The molecule has 0 spiro atoms. The van der Waals surface area contributed by atoms with Crippen molar-refractivity contribution in [1.29, 1.82) is 0 Å². The number of nitrogens with zero attached hydrogens (tertiary/aromatic N) is 1. The Morgan fingerprint density at radius 1 is 1.15 bits per heavy atom.